The quantitative estimate of drug-likeness (QED) is 0.864. The average Bonchev–Trinajstić information content (AvgIpc) is 2.34. The third kappa shape index (κ3) is 4.71. The third-order valence-corrected chi connectivity index (χ3v) is 5.61. The molecule has 2 atom stereocenters. The summed E-state index contributed by atoms with van der Waals surface area (Å²) in [6.45, 7) is 4.15. The minimum absolute atomic E-state index is 0.176. The van der Waals surface area contributed by atoms with Crippen molar-refractivity contribution in [2.24, 2.45) is 5.92 Å². The van der Waals surface area contributed by atoms with Crippen LogP contribution in [0.2, 0.25) is 0 Å². The molecule has 0 aliphatic rings. The monoisotopic (exact) mass is 303 g/mol. The summed E-state index contributed by atoms with van der Waals surface area (Å²) in [4.78, 5) is 0.913. The van der Waals surface area contributed by atoms with Crippen molar-refractivity contribution in [2.45, 2.75) is 29.7 Å². The fraction of sp³-hybridized carbons (Fsp3) is 0.538. The smallest absolute Gasteiger partial charge is 0.175 e. The van der Waals surface area contributed by atoms with E-state index in [1.165, 1.54) is 12.1 Å². The van der Waals surface area contributed by atoms with Crippen molar-refractivity contribution in [3.8, 4) is 0 Å². The van der Waals surface area contributed by atoms with Gasteiger partial charge in [0, 0.05) is 22.9 Å². The zero-order valence-corrected chi connectivity index (χ0v) is 13.3. The van der Waals surface area contributed by atoms with E-state index in [0.29, 0.717) is 16.6 Å². The Morgan fingerprint density at radius 3 is 2.11 bits per heavy atom. The molecule has 1 aromatic rings. The molecule has 0 aliphatic heterocycles. The van der Waals surface area contributed by atoms with Crippen molar-refractivity contribution in [3.63, 3.8) is 0 Å². The van der Waals surface area contributed by atoms with Gasteiger partial charge in [0.15, 0.2) is 9.84 Å². The van der Waals surface area contributed by atoms with Crippen LogP contribution in [0.1, 0.15) is 13.8 Å². The molecule has 2 unspecified atom stereocenters. The molecule has 4 nitrogen and oxygen atoms in total. The summed E-state index contributed by atoms with van der Waals surface area (Å²) < 4.78 is 34.9. The third-order valence-electron chi connectivity index (χ3n) is 3.02. The minimum atomic E-state index is -3.20. The first-order valence-electron chi connectivity index (χ1n) is 6.11. The predicted octanol–water partition coefficient (Wildman–Crippen LogP) is 1.44. The van der Waals surface area contributed by atoms with Gasteiger partial charge in [0.25, 0.3) is 0 Å². The summed E-state index contributed by atoms with van der Waals surface area (Å²) in [7, 11) is -2.47. The lowest BCUT2D eigenvalue weighted by molar-refractivity contribution is 0.461. The van der Waals surface area contributed by atoms with Crippen LogP contribution in [-0.4, -0.2) is 37.7 Å². The Kier molecular flexibility index (Phi) is 5.70. The van der Waals surface area contributed by atoms with Gasteiger partial charge in [-0.2, -0.15) is 0 Å². The molecule has 19 heavy (non-hydrogen) atoms. The second-order valence-electron chi connectivity index (χ2n) is 4.89. The molecule has 1 rings (SSSR count). The Labute approximate surface area is 118 Å². The van der Waals surface area contributed by atoms with Crippen LogP contribution < -0.4 is 5.32 Å². The molecule has 0 aromatic heterocycles. The van der Waals surface area contributed by atoms with E-state index in [-0.39, 0.29) is 10.9 Å². The summed E-state index contributed by atoms with van der Waals surface area (Å²) in [6.07, 6.45) is 1.16. The highest BCUT2D eigenvalue weighted by molar-refractivity contribution is 7.90. The van der Waals surface area contributed by atoms with Crippen LogP contribution in [0.3, 0.4) is 0 Å². The summed E-state index contributed by atoms with van der Waals surface area (Å²) in [5, 5.41) is 3.15. The summed E-state index contributed by atoms with van der Waals surface area (Å²) in [5.74, 6) is 0.913. The van der Waals surface area contributed by atoms with Crippen LogP contribution >= 0.6 is 0 Å². The van der Waals surface area contributed by atoms with E-state index in [9.17, 15) is 12.6 Å². The van der Waals surface area contributed by atoms with Crippen LogP contribution in [-0.2, 0) is 20.6 Å². The van der Waals surface area contributed by atoms with Crippen LogP contribution in [0, 0.1) is 5.92 Å². The van der Waals surface area contributed by atoms with Crippen molar-refractivity contribution in [3.05, 3.63) is 24.3 Å². The molecular formula is C13H21NO3S2. The van der Waals surface area contributed by atoms with E-state index in [2.05, 4.69) is 19.2 Å². The molecule has 0 bridgehead atoms. The fourth-order valence-corrected chi connectivity index (χ4v) is 3.85. The Morgan fingerprint density at radius 1 is 1.21 bits per heavy atom. The number of benzene rings is 1. The second-order valence-corrected chi connectivity index (χ2v) is 8.41. The van der Waals surface area contributed by atoms with Crippen molar-refractivity contribution >= 4 is 20.6 Å². The van der Waals surface area contributed by atoms with Crippen molar-refractivity contribution in [1.82, 2.24) is 5.32 Å². The minimum Gasteiger partial charge on any atom is -0.316 e. The molecule has 6 heteroatoms. The Hall–Kier alpha value is -0.720. The van der Waals surface area contributed by atoms with Gasteiger partial charge in [-0.25, -0.2) is 8.42 Å². The van der Waals surface area contributed by atoms with Gasteiger partial charge >= 0.3 is 0 Å². The second kappa shape index (κ2) is 6.63. The molecule has 0 aliphatic carbocycles. The summed E-state index contributed by atoms with van der Waals surface area (Å²) in [6, 6.07) is 6.44. The zero-order chi connectivity index (χ0) is 14.6. The number of rotatable bonds is 6. The lowest BCUT2D eigenvalue weighted by atomic mass is 10.1. The molecule has 0 saturated carbocycles. The molecule has 108 valence electrons. The molecule has 0 heterocycles. The van der Waals surface area contributed by atoms with Crippen LogP contribution in [0.4, 0.5) is 0 Å². The van der Waals surface area contributed by atoms with Crippen LogP contribution in [0.15, 0.2) is 34.1 Å². The van der Waals surface area contributed by atoms with E-state index >= 15 is 0 Å². The lowest BCUT2D eigenvalue weighted by Gasteiger charge is -2.19. The van der Waals surface area contributed by atoms with Crippen LogP contribution in [0.5, 0.6) is 0 Å². The van der Waals surface area contributed by atoms with Gasteiger partial charge in [-0.1, -0.05) is 13.8 Å². The summed E-state index contributed by atoms with van der Waals surface area (Å²) in [5.41, 5.74) is 0. The fourth-order valence-electron chi connectivity index (χ4n) is 1.71. The van der Waals surface area contributed by atoms with Gasteiger partial charge in [0.05, 0.1) is 15.7 Å². The van der Waals surface area contributed by atoms with Crippen molar-refractivity contribution in [2.75, 3.05) is 19.1 Å². The topological polar surface area (TPSA) is 63.2 Å². The zero-order valence-electron chi connectivity index (χ0n) is 11.7. The SMILES string of the molecule is CNC(CS(=O)c1ccc(S(C)(=O)=O)cc1)C(C)C. The predicted molar refractivity (Wildman–Crippen MR) is 78.5 cm³/mol. The van der Waals surface area contributed by atoms with Gasteiger partial charge in [-0.05, 0) is 37.2 Å². The van der Waals surface area contributed by atoms with Gasteiger partial charge in [-0.15, -0.1) is 0 Å². The normalized spacial score (nSPS) is 15.4. The van der Waals surface area contributed by atoms with Crippen molar-refractivity contribution < 1.29 is 12.6 Å². The van der Waals surface area contributed by atoms with E-state index in [1.807, 2.05) is 7.05 Å². The van der Waals surface area contributed by atoms with E-state index in [4.69, 9.17) is 0 Å². The standard InChI is InChI=1S/C13H21NO3S2/c1-10(2)13(14-3)9-18(15)11-5-7-12(8-6-11)19(4,16)17/h5-8,10,13-14H,9H2,1-4H3. The van der Waals surface area contributed by atoms with Gasteiger partial charge < -0.3 is 5.32 Å². The molecule has 0 spiro atoms. The molecule has 0 amide bonds. The number of hydrogen-bond acceptors (Lipinski definition) is 4. The van der Waals surface area contributed by atoms with E-state index in [0.717, 1.165) is 6.26 Å². The Bertz CT molecular complexity index is 536. The van der Waals surface area contributed by atoms with E-state index in [1.54, 1.807) is 12.1 Å². The highest BCUT2D eigenvalue weighted by Crippen LogP contribution is 2.15. The maximum absolute atomic E-state index is 12.2. The molecule has 0 radical (unpaired) electrons. The molecule has 0 fully saturated rings. The maximum atomic E-state index is 12.2. The Morgan fingerprint density at radius 2 is 1.74 bits per heavy atom. The highest BCUT2D eigenvalue weighted by Gasteiger charge is 2.16. The van der Waals surface area contributed by atoms with Gasteiger partial charge in [-0.3, -0.25) is 4.21 Å². The number of nitrogens with one attached hydrogen (secondary N) is 1. The number of hydrogen-bond donors (Lipinski definition) is 1. The summed E-state index contributed by atoms with van der Waals surface area (Å²) >= 11 is 0. The Balaban J connectivity index is 2.84. The molecule has 1 N–H and O–H groups in total. The average molecular weight is 303 g/mol. The molecule has 1 aromatic carbocycles. The van der Waals surface area contributed by atoms with E-state index < -0.39 is 20.6 Å². The number of sulfone groups is 1. The van der Waals surface area contributed by atoms with Gasteiger partial charge in [0.1, 0.15) is 0 Å². The first kappa shape index (κ1) is 16.3. The lowest BCUT2D eigenvalue weighted by Crippen LogP contribution is -2.35. The largest absolute Gasteiger partial charge is 0.316 e. The molecular weight excluding hydrogens is 282 g/mol. The van der Waals surface area contributed by atoms with Gasteiger partial charge in [0.2, 0.25) is 0 Å². The first-order valence-corrected chi connectivity index (χ1v) is 9.32. The van der Waals surface area contributed by atoms with Crippen LogP contribution in [0.25, 0.3) is 0 Å². The first-order chi connectivity index (χ1) is 8.75. The maximum Gasteiger partial charge on any atom is 0.175 e. The van der Waals surface area contributed by atoms with Crippen molar-refractivity contribution in [1.29, 1.82) is 0 Å². The highest BCUT2D eigenvalue weighted by atomic mass is 32.2. The molecule has 0 saturated heterocycles.